The molecule has 1 heterocycles. The lowest BCUT2D eigenvalue weighted by molar-refractivity contribution is -0.127. The van der Waals surface area contributed by atoms with Crippen LogP contribution in [0.2, 0.25) is 0 Å². The summed E-state index contributed by atoms with van der Waals surface area (Å²) in [7, 11) is 0. The number of aromatic nitrogens is 4. The summed E-state index contributed by atoms with van der Waals surface area (Å²) in [5, 5.41) is 14.1. The van der Waals surface area contributed by atoms with Crippen LogP contribution in [0.5, 0.6) is 5.75 Å². The molecule has 1 N–H and O–H groups in total. The largest absolute Gasteiger partial charge is 0.481 e. The van der Waals surface area contributed by atoms with Crippen LogP contribution >= 0.6 is 0 Å². The minimum Gasteiger partial charge on any atom is -0.481 e. The number of amides is 1. The van der Waals surface area contributed by atoms with Gasteiger partial charge in [0.25, 0.3) is 5.91 Å². The van der Waals surface area contributed by atoms with E-state index in [0.717, 1.165) is 0 Å². The smallest absolute Gasteiger partial charge is 0.261 e. The molecule has 1 aromatic heterocycles. The Hall–Kier alpha value is -3.29. The van der Waals surface area contributed by atoms with E-state index >= 15 is 0 Å². The van der Waals surface area contributed by atoms with Gasteiger partial charge in [0.05, 0.1) is 12.2 Å². The van der Waals surface area contributed by atoms with Crippen molar-refractivity contribution in [2.45, 2.75) is 19.6 Å². The monoisotopic (exact) mass is 341 g/mol. The van der Waals surface area contributed by atoms with Gasteiger partial charge in [0.2, 0.25) is 0 Å². The second-order valence-corrected chi connectivity index (χ2v) is 5.27. The van der Waals surface area contributed by atoms with Crippen LogP contribution in [0.4, 0.5) is 4.39 Å². The van der Waals surface area contributed by atoms with Crippen molar-refractivity contribution in [1.82, 2.24) is 25.5 Å². The van der Waals surface area contributed by atoms with Gasteiger partial charge < -0.3 is 10.1 Å². The molecule has 0 aliphatic heterocycles. The summed E-state index contributed by atoms with van der Waals surface area (Å²) in [5.41, 5.74) is 0.601. The Morgan fingerprint density at radius 3 is 2.64 bits per heavy atom. The number of carbonyl (C=O) groups is 1. The van der Waals surface area contributed by atoms with Crippen LogP contribution in [-0.2, 0) is 11.3 Å². The fourth-order valence-corrected chi connectivity index (χ4v) is 2.17. The SMILES string of the molecule is C[C@@H](Oc1ccccc1)C(=O)NCc1nnnn1-c1ccc(F)cc1. The first-order valence-electron chi connectivity index (χ1n) is 7.66. The average Bonchev–Trinajstić information content (AvgIpc) is 3.09. The summed E-state index contributed by atoms with van der Waals surface area (Å²) in [4.78, 5) is 12.2. The molecule has 0 spiro atoms. The minimum atomic E-state index is -0.669. The lowest BCUT2D eigenvalue weighted by Crippen LogP contribution is -2.36. The zero-order chi connectivity index (χ0) is 17.6. The number of para-hydroxylation sites is 1. The van der Waals surface area contributed by atoms with Crippen molar-refractivity contribution in [3.8, 4) is 11.4 Å². The highest BCUT2D eigenvalue weighted by Crippen LogP contribution is 2.11. The molecule has 0 radical (unpaired) electrons. The number of nitrogens with one attached hydrogen (secondary N) is 1. The number of nitrogens with zero attached hydrogens (tertiary/aromatic N) is 4. The van der Waals surface area contributed by atoms with E-state index in [0.29, 0.717) is 17.3 Å². The maximum Gasteiger partial charge on any atom is 0.261 e. The Kier molecular flexibility index (Phi) is 4.98. The van der Waals surface area contributed by atoms with Crippen molar-refractivity contribution in [3.05, 3.63) is 66.2 Å². The molecule has 0 aliphatic carbocycles. The van der Waals surface area contributed by atoms with Crippen molar-refractivity contribution >= 4 is 5.91 Å². The van der Waals surface area contributed by atoms with Gasteiger partial charge in [-0.05, 0) is 53.7 Å². The highest BCUT2D eigenvalue weighted by atomic mass is 19.1. The molecule has 0 bridgehead atoms. The number of carbonyl (C=O) groups excluding carboxylic acids is 1. The van der Waals surface area contributed by atoms with Crippen LogP contribution in [0, 0.1) is 5.82 Å². The standard InChI is InChI=1S/C17H16FN5O2/c1-12(25-15-5-3-2-4-6-15)17(24)19-11-16-20-21-22-23(16)14-9-7-13(18)8-10-14/h2-10,12H,11H2,1H3,(H,19,24)/t12-/m1/s1. The fraction of sp³-hybridized carbons (Fsp3) is 0.176. The molecule has 0 aliphatic rings. The molecule has 0 saturated heterocycles. The normalized spacial score (nSPS) is 11.8. The number of tetrazole rings is 1. The molecule has 0 saturated carbocycles. The van der Waals surface area contributed by atoms with Crippen LogP contribution in [-0.4, -0.2) is 32.2 Å². The third-order valence-corrected chi connectivity index (χ3v) is 3.45. The highest BCUT2D eigenvalue weighted by Gasteiger charge is 2.16. The second kappa shape index (κ2) is 7.52. The fourth-order valence-electron chi connectivity index (χ4n) is 2.17. The highest BCUT2D eigenvalue weighted by molar-refractivity contribution is 5.80. The van der Waals surface area contributed by atoms with Crippen LogP contribution in [0.1, 0.15) is 12.7 Å². The van der Waals surface area contributed by atoms with Crippen molar-refractivity contribution in [1.29, 1.82) is 0 Å². The predicted molar refractivity (Wildman–Crippen MR) is 87.5 cm³/mol. The summed E-state index contributed by atoms with van der Waals surface area (Å²) in [6.45, 7) is 1.77. The molecular weight excluding hydrogens is 325 g/mol. The molecule has 1 atom stereocenters. The van der Waals surface area contributed by atoms with E-state index in [4.69, 9.17) is 4.74 Å². The van der Waals surface area contributed by atoms with Gasteiger partial charge in [0.15, 0.2) is 11.9 Å². The van der Waals surface area contributed by atoms with Crippen LogP contribution in [0.3, 0.4) is 0 Å². The Morgan fingerprint density at radius 1 is 1.20 bits per heavy atom. The summed E-state index contributed by atoms with van der Waals surface area (Å²) in [5.74, 6) is 0.393. The van der Waals surface area contributed by atoms with Gasteiger partial charge in [-0.1, -0.05) is 18.2 Å². The zero-order valence-electron chi connectivity index (χ0n) is 13.5. The van der Waals surface area contributed by atoms with Gasteiger partial charge in [-0.3, -0.25) is 4.79 Å². The summed E-state index contributed by atoms with van der Waals surface area (Å²) in [6.07, 6.45) is -0.669. The third-order valence-electron chi connectivity index (χ3n) is 3.45. The Balaban J connectivity index is 1.61. The predicted octanol–water partition coefficient (Wildman–Crippen LogP) is 1.89. The van der Waals surface area contributed by atoms with Gasteiger partial charge in [0.1, 0.15) is 11.6 Å². The van der Waals surface area contributed by atoms with Crippen LogP contribution in [0.15, 0.2) is 54.6 Å². The maximum absolute atomic E-state index is 13.0. The van der Waals surface area contributed by atoms with Gasteiger partial charge >= 0.3 is 0 Å². The number of hydrogen-bond acceptors (Lipinski definition) is 5. The summed E-state index contributed by atoms with van der Waals surface area (Å²) < 4.78 is 20.0. The molecule has 0 fully saturated rings. The molecule has 3 aromatic rings. The lowest BCUT2D eigenvalue weighted by Gasteiger charge is -2.14. The molecular formula is C17H16FN5O2. The zero-order valence-corrected chi connectivity index (χ0v) is 13.5. The number of ether oxygens (including phenoxy) is 1. The average molecular weight is 341 g/mol. The molecule has 7 nitrogen and oxygen atoms in total. The molecule has 3 rings (SSSR count). The molecule has 128 valence electrons. The number of halogens is 1. The van der Waals surface area contributed by atoms with E-state index < -0.39 is 6.10 Å². The first kappa shape index (κ1) is 16.6. The summed E-state index contributed by atoms with van der Waals surface area (Å²) in [6, 6.07) is 14.8. The second-order valence-electron chi connectivity index (χ2n) is 5.27. The summed E-state index contributed by atoms with van der Waals surface area (Å²) >= 11 is 0. The third kappa shape index (κ3) is 4.17. The quantitative estimate of drug-likeness (QED) is 0.740. The first-order chi connectivity index (χ1) is 12.1. The van der Waals surface area contributed by atoms with Crippen LogP contribution < -0.4 is 10.1 Å². The number of hydrogen-bond donors (Lipinski definition) is 1. The first-order valence-corrected chi connectivity index (χ1v) is 7.66. The maximum atomic E-state index is 13.0. The Labute approximate surface area is 143 Å². The van der Waals surface area contributed by atoms with E-state index in [1.165, 1.54) is 16.8 Å². The van der Waals surface area contributed by atoms with Crippen LogP contribution in [0.25, 0.3) is 5.69 Å². The van der Waals surface area contributed by atoms with Gasteiger partial charge in [-0.15, -0.1) is 5.10 Å². The van der Waals surface area contributed by atoms with Crippen molar-refractivity contribution < 1.29 is 13.9 Å². The van der Waals surface area contributed by atoms with Gasteiger partial charge in [0, 0.05) is 0 Å². The van der Waals surface area contributed by atoms with Gasteiger partial charge in [-0.25, -0.2) is 4.39 Å². The topological polar surface area (TPSA) is 81.9 Å². The molecule has 1 amide bonds. The van der Waals surface area contributed by atoms with Crippen molar-refractivity contribution in [2.75, 3.05) is 0 Å². The van der Waals surface area contributed by atoms with E-state index in [1.54, 1.807) is 31.2 Å². The van der Waals surface area contributed by atoms with E-state index in [9.17, 15) is 9.18 Å². The number of rotatable bonds is 6. The van der Waals surface area contributed by atoms with E-state index in [1.807, 2.05) is 18.2 Å². The van der Waals surface area contributed by atoms with Crippen molar-refractivity contribution in [3.63, 3.8) is 0 Å². The molecule has 25 heavy (non-hydrogen) atoms. The Bertz CT molecular complexity index is 836. The van der Waals surface area contributed by atoms with Gasteiger partial charge in [-0.2, -0.15) is 4.68 Å². The number of benzene rings is 2. The molecule has 0 unspecified atom stereocenters. The molecule has 8 heteroatoms. The molecule has 2 aromatic carbocycles. The minimum absolute atomic E-state index is 0.117. The van der Waals surface area contributed by atoms with E-state index in [-0.39, 0.29) is 18.3 Å². The lowest BCUT2D eigenvalue weighted by atomic mass is 10.3. The van der Waals surface area contributed by atoms with Crippen molar-refractivity contribution in [2.24, 2.45) is 0 Å². The Morgan fingerprint density at radius 2 is 1.92 bits per heavy atom. The van der Waals surface area contributed by atoms with E-state index in [2.05, 4.69) is 20.8 Å².